The van der Waals surface area contributed by atoms with Crippen molar-refractivity contribution in [3.05, 3.63) is 12.7 Å². The van der Waals surface area contributed by atoms with E-state index in [0.29, 0.717) is 37.1 Å². The quantitative estimate of drug-likeness (QED) is 0.525. The number of rotatable bonds is 9. The average Bonchev–Trinajstić information content (AvgIpc) is 2.53. The highest BCUT2D eigenvalue weighted by Crippen LogP contribution is 2.29. The lowest BCUT2D eigenvalue weighted by Crippen LogP contribution is -2.44. The van der Waals surface area contributed by atoms with Crippen molar-refractivity contribution >= 4 is 11.8 Å². The Kier molecular flexibility index (Phi) is 8.86. The summed E-state index contributed by atoms with van der Waals surface area (Å²) in [5.41, 5.74) is 0. The zero-order valence-corrected chi connectivity index (χ0v) is 14.3. The van der Waals surface area contributed by atoms with Crippen LogP contribution in [0.1, 0.15) is 58.8 Å². The number of piperidine rings is 1. The van der Waals surface area contributed by atoms with Crippen LogP contribution in [0.5, 0.6) is 0 Å². The first-order valence-electron chi connectivity index (χ1n) is 8.77. The SMILES string of the molecule is C=CCNC(=O)CC1CCN(C(=O)CCCCC)CC1CC. The number of amides is 2. The molecule has 0 aromatic carbocycles. The van der Waals surface area contributed by atoms with Crippen molar-refractivity contribution in [2.45, 2.75) is 58.8 Å². The first-order valence-corrected chi connectivity index (χ1v) is 8.77. The van der Waals surface area contributed by atoms with Gasteiger partial charge in [0.2, 0.25) is 11.8 Å². The Bertz CT molecular complexity index is 368. The molecule has 1 heterocycles. The number of hydrogen-bond acceptors (Lipinski definition) is 2. The lowest BCUT2D eigenvalue weighted by atomic mass is 9.81. The molecule has 0 radical (unpaired) electrons. The molecule has 0 saturated carbocycles. The molecule has 0 spiro atoms. The number of unbranched alkanes of at least 4 members (excludes halogenated alkanes) is 2. The van der Waals surface area contributed by atoms with Crippen LogP contribution in [-0.2, 0) is 9.59 Å². The molecular weight excluding hydrogens is 276 g/mol. The van der Waals surface area contributed by atoms with Crippen molar-refractivity contribution in [2.24, 2.45) is 11.8 Å². The van der Waals surface area contributed by atoms with Crippen LogP contribution in [0.3, 0.4) is 0 Å². The summed E-state index contributed by atoms with van der Waals surface area (Å²) in [5, 5.41) is 2.86. The van der Waals surface area contributed by atoms with Gasteiger partial charge < -0.3 is 10.2 Å². The maximum atomic E-state index is 12.2. The van der Waals surface area contributed by atoms with Crippen LogP contribution in [0.25, 0.3) is 0 Å². The molecule has 4 nitrogen and oxygen atoms in total. The molecule has 0 aliphatic carbocycles. The third-order valence-corrected chi connectivity index (χ3v) is 4.65. The average molecular weight is 308 g/mol. The van der Waals surface area contributed by atoms with Gasteiger partial charge >= 0.3 is 0 Å². The van der Waals surface area contributed by atoms with E-state index in [9.17, 15) is 9.59 Å². The molecule has 0 aromatic heterocycles. The van der Waals surface area contributed by atoms with E-state index < -0.39 is 0 Å². The van der Waals surface area contributed by atoms with Gasteiger partial charge in [0, 0.05) is 32.5 Å². The highest BCUT2D eigenvalue weighted by molar-refractivity contribution is 5.77. The highest BCUT2D eigenvalue weighted by atomic mass is 16.2. The Hall–Kier alpha value is -1.32. The summed E-state index contributed by atoms with van der Waals surface area (Å²) in [6, 6.07) is 0. The minimum atomic E-state index is 0.103. The van der Waals surface area contributed by atoms with Crippen molar-refractivity contribution < 1.29 is 9.59 Å². The van der Waals surface area contributed by atoms with Crippen LogP contribution in [0.4, 0.5) is 0 Å². The largest absolute Gasteiger partial charge is 0.353 e. The fourth-order valence-electron chi connectivity index (χ4n) is 3.22. The predicted octanol–water partition coefficient (Wildman–Crippen LogP) is 3.13. The minimum Gasteiger partial charge on any atom is -0.353 e. The first kappa shape index (κ1) is 18.7. The molecule has 126 valence electrons. The summed E-state index contributed by atoms with van der Waals surface area (Å²) >= 11 is 0. The second-order valence-corrected chi connectivity index (χ2v) is 6.31. The number of nitrogens with one attached hydrogen (secondary N) is 1. The van der Waals surface area contributed by atoms with Crippen molar-refractivity contribution in [3.8, 4) is 0 Å². The van der Waals surface area contributed by atoms with Gasteiger partial charge in [0.1, 0.15) is 0 Å². The second kappa shape index (κ2) is 10.4. The van der Waals surface area contributed by atoms with Crippen molar-refractivity contribution in [1.29, 1.82) is 0 Å². The smallest absolute Gasteiger partial charge is 0.222 e. The Balaban J connectivity index is 2.44. The molecule has 1 N–H and O–H groups in total. The van der Waals surface area contributed by atoms with Crippen LogP contribution in [-0.4, -0.2) is 36.3 Å². The number of carbonyl (C=O) groups excluding carboxylic acids is 2. The minimum absolute atomic E-state index is 0.103. The first-order chi connectivity index (χ1) is 10.6. The molecule has 2 amide bonds. The van der Waals surface area contributed by atoms with Gasteiger partial charge in [-0.2, -0.15) is 0 Å². The Morgan fingerprint density at radius 3 is 2.68 bits per heavy atom. The fraction of sp³-hybridized carbons (Fsp3) is 0.778. The number of nitrogens with zero attached hydrogens (tertiary/aromatic N) is 1. The Morgan fingerprint density at radius 2 is 2.05 bits per heavy atom. The summed E-state index contributed by atoms with van der Waals surface area (Å²) < 4.78 is 0. The second-order valence-electron chi connectivity index (χ2n) is 6.31. The normalized spacial score (nSPS) is 21.5. The van der Waals surface area contributed by atoms with Crippen LogP contribution in [0.2, 0.25) is 0 Å². The van der Waals surface area contributed by atoms with Gasteiger partial charge in [0.05, 0.1) is 0 Å². The molecule has 1 fully saturated rings. The number of carbonyl (C=O) groups is 2. The monoisotopic (exact) mass is 308 g/mol. The fourth-order valence-corrected chi connectivity index (χ4v) is 3.22. The van der Waals surface area contributed by atoms with E-state index in [0.717, 1.165) is 45.2 Å². The van der Waals surface area contributed by atoms with E-state index in [1.807, 2.05) is 4.90 Å². The van der Waals surface area contributed by atoms with Gasteiger partial charge in [-0.05, 0) is 24.7 Å². The lowest BCUT2D eigenvalue weighted by molar-refractivity contribution is -0.134. The molecule has 1 aliphatic rings. The molecule has 2 atom stereocenters. The predicted molar refractivity (Wildman–Crippen MR) is 90.4 cm³/mol. The van der Waals surface area contributed by atoms with E-state index >= 15 is 0 Å². The highest BCUT2D eigenvalue weighted by Gasteiger charge is 2.31. The van der Waals surface area contributed by atoms with Crippen molar-refractivity contribution in [3.63, 3.8) is 0 Å². The molecule has 1 aliphatic heterocycles. The summed E-state index contributed by atoms with van der Waals surface area (Å²) in [6.07, 6.45) is 8.19. The Morgan fingerprint density at radius 1 is 1.27 bits per heavy atom. The zero-order chi connectivity index (χ0) is 16.4. The van der Waals surface area contributed by atoms with Crippen LogP contribution in [0.15, 0.2) is 12.7 Å². The van der Waals surface area contributed by atoms with Gasteiger partial charge in [0.25, 0.3) is 0 Å². The van der Waals surface area contributed by atoms with Gasteiger partial charge in [-0.3, -0.25) is 9.59 Å². The molecule has 0 aromatic rings. The standard InChI is InChI=1S/C18H32N2O2/c1-4-7-8-9-18(22)20-12-10-16(15(6-3)14-20)13-17(21)19-11-5-2/h5,15-16H,2,4,6-14H2,1,3H3,(H,19,21). The number of likely N-dealkylation sites (tertiary alicyclic amines) is 1. The van der Waals surface area contributed by atoms with Crippen molar-refractivity contribution in [1.82, 2.24) is 10.2 Å². The zero-order valence-electron chi connectivity index (χ0n) is 14.3. The molecule has 4 heteroatoms. The lowest BCUT2D eigenvalue weighted by Gasteiger charge is -2.38. The van der Waals surface area contributed by atoms with E-state index in [1.54, 1.807) is 6.08 Å². The summed E-state index contributed by atoms with van der Waals surface area (Å²) in [5.74, 6) is 1.24. The Labute approximate surface area is 135 Å². The van der Waals surface area contributed by atoms with E-state index in [4.69, 9.17) is 0 Å². The maximum Gasteiger partial charge on any atom is 0.222 e. The molecular formula is C18H32N2O2. The summed E-state index contributed by atoms with van der Waals surface area (Å²) in [6.45, 7) is 10.1. The topological polar surface area (TPSA) is 49.4 Å². The van der Waals surface area contributed by atoms with E-state index in [-0.39, 0.29) is 5.91 Å². The van der Waals surface area contributed by atoms with E-state index in [2.05, 4.69) is 25.7 Å². The molecule has 2 unspecified atom stereocenters. The molecule has 1 rings (SSSR count). The van der Waals surface area contributed by atoms with Gasteiger partial charge in [-0.25, -0.2) is 0 Å². The van der Waals surface area contributed by atoms with Gasteiger partial charge in [-0.1, -0.05) is 39.2 Å². The maximum absolute atomic E-state index is 12.2. The van der Waals surface area contributed by atoms with Crippen LogP contribution >= 0.6 is 0 Å². The number of hydrogen-bond donors (Lipinski definition) is 1. The third-order valence-electron chi connectivity index (χ3n) is 4.65. The van der Waals surface area contributed by atoms with Gasteiger partial charge in [0.15, 0.2) is 0 Å². The van der Waals surface area contributed by atoms with E-state index in [1.165, 1.54) is 0 Å². The van der Waals surface area contributed by atoms with Crippen molar-refractivity contribution in [2.75, 3.05) is 19.6 Å². The van der Waals surface area contributed by atoms with Crippen LogP contribution in [0, 0.1) is 11.8 Å². The summed E-state index contributed by atoms with van der Waals surface area (Å²) in [4.78, 5) is 26.1. The molecule has 0 bridgehead atoms. The third kappa shape index (κ3) is 6.20. The summed E-state index contributed by atoms with van der Waals surface area (Å²) in [7, 11) is 0. The molecule has 22 heavy (non-hydrogen) atoms. The molecule has 1 saturated heterocycles. The van der Waals surface area contributed by atoms with Gasteiger partial charge in [-0.15, -0.1) is 6.58 Å². The van der Waals surface area contributed by atoms with Crippen LogP contribution < -0.4 is 5.32 Å².